The van der Waals surface area contributed by atoms with Crippen molar-refractivity contribution in [3.8, 4) is 0 Å². The van der Waals surface area contributed by atoms with Crippen LogP contribution in [-0.4, -0.2) is 17.1 Å². The van der Waals surface area contributed by atoms with E-state index in [-0.39, 0.29) is 5.60 Å². The van der Waals surface area contributed by atoms with Crippen LogP contribution in [0.4, 0.5) is 5.82 Å². The van der Waals surface area contributed by atoms with Gasteiger partial charge in [-0.05, 0) is 48.3 Å². The Balaban J connectivity index is 2.41. The molecule has 1 fully saturated rings. The number of hydrogen-bond acceptors (Lipinski definition) is 4. The smallest absolute Gasteiger partial charge is 0.162 e. The minimum Gasteiger partial charge on any atom is -0.383 e. The largest absolute Gasteiger partial charge is 0.383 e. The average molecular weight is 347 g/mol. The van der Waals surface area contributed by atoms with E-state index in [1.807, 2.05) is 0 Å². The first kappa shape index (κ1) is 13.0. The molecular formula is C12H18IN3O. The van der Waals surface area contributed by atoms with Gasteiger partial charge in [-0.25, -0.2) is 9.97 Å². The summed E-state index contributed by atoms with van der Waals surface area (Å²) in [6, 6.07) is 0. The first-order chi connectivity index (χ1) is 8.13. The number of nitrogen functional groups attached to an aromatic ring is 1. The van der Waals surface area contributed by atoms with Gasteiger partial charge in [0.15, 0.2) is 5.82 Å². The van der Waals surface area contributed by atoms with Crippen molar-refractivity contribution in [2.24, 2.45) is 0 Å². The molecule has 0 aromatic carbocycles. The Morgan fingerprint density at radius 2 is 2.12 bits per heavy atom. The lowest BCUT2D eigenvalue weighted by molar-refractivity contribution is -0.0847. The van der Waals surface area contributed by atoms with Crippen molar-refractivity contribution in [2.45, 2.75) is 44.6 Å². The van der Waals surface area contributed by atoms with Crippen molar-refractivity contribution in [1.29, 1.82) is 0 Å². The molecule has 5 heteroatoms. The number of nitrogens with zero attached hydrogens (tertiary/aromatic N) is 2. The minimum absolute atomic E-state index is 0.277. The monoisotopic (exact) mass is 347 g/mol. The number of halogens is 1. The fourth-order valence-corrected chi connectivity index (χ4v) is 2.65. The van der Waals surface area contributed by atoms with Crippen LogP contribution in [0.15, 0.2) is 0 Å². The van der Waals surface area contributed by atoms with Gasteiger partial charge in [-0.15, -0.1) is 0 Å². The quantitative estimate of drug-likeness (QED) is 0.851. The number of ether oxygens (including phenoxy) is 1. The van der Waals surface area contributed by atoms with Crippen molar-refractivity contribution in [3.63, 3.8) is 0 Å². The standard InChI is InChI=1S/C12H18IN3O/c1-3-5-8-9(13)10(14)16-11(15-8)12(17-2)6-4-7-12/h3-7H2,1-2H3,(H2,14,15,16). The van der Waals surface area contributed by atoms with E-state index in [1.165, 1.54) is 6.42 Å². The summed E-state index contributed by atoms with van der Waals surface area (Å²) in [5.41, 5.74) is 6.75. The Labute approximate surface area is 115 Å². The SMILES string of the molecule is CCCc1nc(C2(OC)CCC2)nc(N)c1I. The number of rotatable bonds is 4. The van der Waals surface area contributed by atoms with E-state index in [1.54, 1.807) is 7.11 Å². The fraction of sp³-hybridized carbons (Fsp3) is 0.667. The van der Waals surface area contributed by atoms with Gasteiger partial charge in [0.2, 0.25) is 0 Å². The van der Waals surface area contributed by atoms with Crippen molar-refractivity contribution >= 4 is 28.4 Å². The zero-order valence-electron chi connectivity index (χ0n) is 10.3. The number of nitrogens with two attached hydrogens (primary N) is 1. The Morgan fingerprint density at radius 3 is 2.59 bits per heavy atom. The maximum absolute atomic E-state index is 5.97. The van der Waals surface area contributed by atoms with Crippen LogP contribution in [0.2, 0.25) is 0 Å². The molecule has 17 heavy (non-hydrogen) atoms. The van der Waals surface area contributed by atoms with E-state index in [4.69, 9.17) is 10.5 Å². The number of hydrogen-bond donors (Lipinski definition) is 1. The predicted molar refractivity (Wildman–Crippen MR) is 75.7 cm³/mol. The summed E-state index contributed by atoms with van der Waals surface area (Å²) in [4.78, 5) is 9.08. The summed E-state index contributed by atoms with van der Waals surface area (Å²) in [5.74, 6) is 1.36. The molecule has 1 aliphatic rings. The summed E-state index contributed by atoms with van der Waals surface area (Å²) >= 11 is 2.22. The lowest BCUT2D eigenvalue weighted by atomic mass is 9.79. The van der Waals surface area contributed by atoms with Gasteiger partial charge in [-0.1, -0.05) is 13.3 Å². The Hall–Kier alpha value is -0.430. The van der Waals surface area contributed by atoms with Crippen LogP contribution in [0, 0.1) is 3.57 Å². The normalized spacial score (nSPS) is 17.8. The number of aromatic nitrogens is 2. The summed E-state index contributed by atoms with van der Waals surface area (Å²) in [6.45, 7) is 2.14. The molecule has 0 saturated heterocycles. The number of anilines is 1. The highest BCUT2D eigenvalue weighted by molar-refractivity contribution is 14.1. The summed E-state index contributed by atoms with van der Waals surface area (Å²) in [7, 11) is 1.73. The van der Waals surface area contributed by atoms with Crippen molar-refractivity contribution < 1.29 is 4.74 Å². The molecule has 1 heterocycles. The molecule has 0 unspecified atom stereocenters. The van der Waals surface area contributed by atoms with Gasteiger partial charge >= 0.3 is 0 Å². The van der Waals surface area contributed by atoms with E-state index < -0.39 is 0 Å². The van der Waals surface area contributed by atoms with E-state index in [0.717, 1.165) is 40.8 Å². The molecule has 94 valence electrons. The second-order valence-electron chi connectivity index (χ2n) is 4.50. The fourth-order valence-electron chi connectivity index (χ4n) is 2.14. The molecular weight excluding hydrogens is 329 g/mol. The first-order valence-electron chi connectivity index (χ1n) is 6.00. The summed E-state index contributed by atoms with van der Waals surface area (Å²) < 4.78 is 6.59. The van der Waals surface area contributed by atoms with Crippen LogP contribution in [0.5, 0.6) is 0 Å². The predicted octanol–water partition coefficient (Wildman–Crippen LogP) is 2.64. The van der Waals surface area contributed by atoms with Crippen LogP contribution < -0.4 is 5.73 Å². The Bertz CT molecular complexity index is 413. The molecule has 1 aliphatic carbocycles. The molecule has 0 bridgehead atoms. The molecule has 0 atom stereocenters. The van der Waals surface area contributed by atoms with Gasteiger partial charge in [-0.3, -0.25) is 0 Å². The van der Waals surface area contributed by atoms with Crippen LogP contribution in [0.3, 0.4) is 0 Å². The van der Waals surface area contributed by atoms with Gasteiger partial charge < -0.3 is 10.5 Å². The first-order valence-corrected chi connectivity index (χ1v) is 7.08. The van der Waals surface area contributed by atoms with Gasteiger partial charge in [-0.2, -0.15) is 0 Å². The third kappa shape index (κ3) is 2.27. The van der Waals surface area contributed by atoms with Crippen LogP contribution in [-0.2, 0) is 16.8 Å². The van der Waals surface area contributed by atoms with Crippen LogP contribution >= 0.6 is 22.6 Å². The van der Waals surface area contributed by atoms with E-state index in [0.29, 0.717) is 5.82 Å². The van der Waals surface area contributed by atoms with Gasteiger partial charge in [0.05, 0.1) is 9.26 Å². The van der Waals surface area contributed by atoms with Crippen molar-refractivity contribution in [3.05, 3.63) is 15.1 Å². The highest BCUT2D eigenvalue weighted by atomic mass is 127. The molecule has 0 radical (unpaired) electrons. The third-order valence-electron chi connectivity index (χ3n) is 3.39. The van der Waals surface area contributed by atoms with Crippen molar-refractivity contribution in [2.75, 3.05) is 12.8 Å². The molecule has 4 nitrogen and oxygen atoms in total. The van der Waals surface area contributed by atoms with Crippen molar-refractivity contribution in [1.82, 2.24) is 9.97 Å². The molecule has 2 N–H and O–H groups in total. The maximum Gasteiger partial charge on any atom is 0.162 e. The van der Waals surface area contributed by atoms with Gasteiger partial charge in [0, 0.05) is 7.11 Å². The molecule has 1 aromatic heterocycles. The summed E-state index contributed by atoms with van der Waals surface area (Å²) in [5, 5.41) is 0. The number of methoxy groups -OCH3 is 1. The molecule has 1 saturated carbocycles. The zero-order valence-corrected chi connectivity index (χ0v) is 12.5. The molecule has 0 aliphatic heterocycles. The lowest BCUT2D eigenvalue weighted by Crippen LogP contribution is -2.38. The Kier molecular flexibility index (Phi) is 3.87. The molecule has 0 amide bonds. The van der Waals surface area contributed by atoms with Gasteiger partial charge in [0.25, 0.3) is 0 Å². The molecule has 2 rings (SSSR count). The molecule has 1 aromatic rings. The second-order valence-corrected chi connectivity index (χ2v) is 5.57. The van der Waals surface area contributed by atoms with E-state index in [9.17, 15) is 0 Å². The topological polar surface area (TPSA) is 61.0 Å². The third-order valence-corrected chi connectivity index (χ3v) is 4.57. The minimum atomic E-state index is -0.277. The Morgan fingerprint density at radius 1 is 1.41 bits per heavy atom. The highest BCUT2D eigenvalue weighted by Crippen LogP contribution is 2.43. The highest BCUT2D eigenvalue weighted by Gasteiger charge is 2.42. The number of aryl methyl sites for hydroxylation is 1. The molecule has 0 spiro atoms. The lowest BCUT2D eigenvalue weighted by Gasteiger charge is -2.39. The summed E-state index contributed by atoms with van der Waals surface area (Å²) in [6.07, 6.45) is 5.17. The van der Waals surface area contributed by atoms with E-state index >= 15 is 0 Å². The van der Waals surface area contributed by atoms with Gasteiger partial charge in [0.1, 0.15) is 11.4 Å². The maximum atomic E-state index is 5.97. The average Bonchev–Trinajstić information content (AvgIpc) is 2.24. The van der Waals surface area contributed by atoms with Crippen LogP contribution in [0.1, 0.15) is 44.1 Å². The zero-order chi connectivity index (χ0) is 12.5. The van der Waals surface area contributed by atoms with E-state index in [2.05, 4.69) is 39.5 Å². The van der Waals surface area contributed by atoms with Crippen LogP contribution in [0.25, 0.3) is 0 Å². The second kappa shape index (κ2) is 5.06.